The van der Waals surface area contributed by atoms with Crippen molar-refractivity contribution in [1.82, 2.24) is 9.78 Å². The van der Waals surface area contributed by atoms with Gasteiger partial charge in [-0.2, -0.15) is 5.10 Å². The first kappa shape index (κ1) is 11.3. The first-order valence-corrected chi connectivity index (χ1v) is 5.92. The monoisotopic (exact) mass is 222 g/mol. The maximum absolute atomic E-state index is 11.3. The summed E-state index contributed by atoms with van der Waals surface area (Å²) in [5.41, 5.74) is 1.60. The molecule has 1 aliphatic heterocycles. The molecular weight excluding hydrogens is 204 g/mol. The van der Waals surface area contributed by atoms with Crippen molar-refractivity contribution in [3.05, 3.63) is 17.5 Å². The Labute approximate surface area is 95.6 Å². The SMILES string of the molecule is CCn1nc(C(C)=O)cc1C1CCCCO1. The first-order valence-electron chi connectivity index (χ1n) is 5.92. The second kappa shape index (κ2) is 4.78. The Morgan fingerprint density at radius 3 is 3.00 bits per heavy atom. The fourth-order valence-corrected chi connectivity index (χ4v) is 2.09. The third-order valence-electron chi connectivity index (χ3n) is 2.98. The smallest absolute Gasteiger partial charge is 0.179 e. The summed E-state index contributed by atoms with van der Waals surface area (Å²) in [6.07, 6.45) is 3.48. The maximum Gasteiger partial charge on any atom is 0.179 e. The van der Waals surface area contributed by atoms with Crippen molar-refractivity contribution in [2.24, 2.45) is 0 Å². The lowest BCUT2D eigenvalue weighted by Crippen LogP contribution is -2.15. The van der Waals surface area contributed by atoms with Crippen molar-refractivity contribution < 1.29 is 9.53 Å². The lowest BCUT2D eigenvalue weighted by molar-refractivity contribution is 0.00957. The number of hydrogen-bond acceptors (Lipinski definition) is 3. The van der Waals surface area contributed by atoms with E-state index in [-0.39, 0.29) is 11.9 Å². The molecule has 0 saturated carbocycles. The van der Waals surface area contributed by atoms with Crippen molar-refractivity contribution in [3.8, 4) is 0 Å². The molecule has 1 aromatic heterocycles. The van der Waals surface area contributed by atoms with Crippen LogP contribution >= 0.6 is 0 Å². The van der Waals surface area contributed by atoms with Gasteiger partial charge in [-0.3, -0.25) is 9.48 Å². The summed E-state index contributed by atoms with van der Waals surface area (Å²) in [4.78, 5) is 11.3. The van der Waals surface area contributed by atoms with E-state index in [4.69, 9.17) is 4.74 Å². The molecule has 88 valence electrons. The molecule has 1 aromatic rings. The summed E-state index contributed by atoms with van der Waals surface area (Å²) in [7, 11) is 0. The van der Waals surface area contributed by atoms with Crippen LogP contribution in [0.3, 0.4) is 0 Å². The van der Waals surface area contributed by atoms with Gasteiger partial charge in [-0.25, -0.2) is 0 Å². The van der Waals surface area contributed by atoms with E-state index < -0.39 is 0 Å². The normalized spacial score (nSPS) is 21.0. The zero-order valence-corrected chi connectivity index (χ0v) is 9.90. The molecule has 4 heteroatoms. The minimum absolute atomic E-state index is 0.0178. The van der Waals surface area contributed by atoms with Crippen LogP contribution in [0.1, 0.15) is 55.4 Å². The van der Waals surface area contributed by atoms with Gasteiger partial charge in [0.2, 0.25) is 0 Å². The van der Waals surface area contributed by atoms with Crippen LogP contribution in [0.4, 0.5) is 0 Å². The van der Waals surface area contributed by atoms with E-state index in [9.17, 15) is 4.79 Å². The first-order chi connectivity index (χ1) is 7.72. The highest BCUT2D eigenvalue weighted by molar-refractivity contribution is 5.92. The molecule has 0 aliphatic carbocycles. The molecule has 0 amide bonds. The number of aryl methyl sites for hydroxylation is 1. The number of nitrogens with zero attached hydrogens (tertiary/aromatic N) is 2. The van der Waals surface area contributed by atoms with Crippen LogP contribution in [0.5, 0.6) is 0 Å². The molecule has 1 atom stereocenters. The molecule has 1 unspecified atom stereocenters. The number of carbonyl (C=O) groups excluding carboxylic acids is 1. The van der Waals surface area contributed by atoms with Gasteiger partial charge in [0.15, 0.2) is 5.78 Å². The van der Waals surface area contributed by atoms with Crippen LogP contribution in [-0.2, 0) is 11.3 Å². The van der Waals surface area contributed by atoms with Gasteiger partial charge >= 0.3 is 0 Å². The maximum atomic E-state index is 11.3. The largest absolute Gasteiger partial charge is 0.372 e. The third-order valence-corrected chi connectivity index (χ3v) is 2.98. The molecule has 0 aromatic carbocycles. The molecule has 0 radical (unpaired) electrons. The van der Waals surface area contributed by atoms with Gasteiger partial charge in [0, 0.05) is 20.1 Å². The fourth-order valence-electron chi connectivity index (χ4n) is 2.09. The summed E-state index contributed by atoms with van der Waals surface area (Å²) >= 11 is 0. The average molecular weight is 222 g/mol. The Balaban J connectivity index is 2.26. The summed E-state index contributed by atoms with van der Waals surface area (Å²) in [5.74, 6) is 0.0178. The highest BCUT2D eigenvalue weighted by Crippen LogP contribution is 2.28. The number of carbonyl (C=O) groups is 1. The Morgan fingerprint density at radius 2 is 2.44 bits per heavy atom. The van der Waals surface area contributed by atoms with E-state index in [0.717, 1.165) is 31.7 Å². The third kappa shape index (κ3) is 2.16. The summed E-state index contributed by atoms with van der Waals surface area (Å²) in [5, 5.41) is 4.29. The fraction of sp³-hybridized carbons (Fsp3) is 0.667. The topological polar surface area (TPSA) is 44.1 Å². The van der Waals surface area contributed by atoms with Crippen LogP contribution in [0.15, 0.2) is 6.07 Å². The van der Waals surface area contributed by atoms with Crippen molar-refractivity contribution in [1.29, 1.82) is 0 Å². The van der Waals surface area contributed by atoms with Gasteiger partial charge < -0.3 is 4.74 Å². The van der Waals surface area contributed by atoms with Gasteiger partial charge in [-0.05, 0) is 32.3 Å². The van der Waals surface area contributed by atoms with E-state index >= 15 is 0 Å². The zero-order chi connectivity index (χ0) is 11.5. The minimum atomic E-state index is 0.0178. The number of Topliss-reactive ketones (excluding diaryl/α,β-unsaturated/α-hetero) is 1. The van der Waals surface area contributed by atoms with Crippen LogP contribution in [0, 0.1) is 0 Å². The Bertz CT molecular complexity index is 378. The number of aromatic nitrogens is 2. The standard InChI is InChI=1S/C12H18N2O2/c1-3-14-11(8-10(13-14)9(2)15)12-6-4-5-7-16-12/h8,12H,3-7H2,1-2H3. The highest BCUT2D eigenvalue weighted by Gasteiger charge is 2.21. The van der Waals surface area contributed by atoms with Crippen LogP contribution in [0.25, 0.3) is 0 Å². The van der Waals surface area contributed by atoms with E-state index in [1.807, 2.05) is 17.7 Å². The van der Waals surface area contributed by atoms with E-state index in [1.54, 1.807) is 6.92 Å². The van der Waals surface area contributed by atoms with Gasteiger partial charge in [0.25, 0.3) is 0 Å². The number of hydrogen-bond donors (Lipinski definition) is 0. The second-order valence-electron chi connectivity index (χ2n) is 4.18. The van der Waals surface area contributed by atoms with E-state index in [0.29, 0.717) is 5.69 Å². The number of ketones is 1. The quantitative estimate of drug-likeness (QED) is 0.737. The van der Waals surface area contributed by atoms with Crippen molar-refractivity contribution in [2.45, 2.75) is 45.8 Å². The van der Waals surface area contributed by atoms with Crippen LogP contribution in [0.2, 0.25) is 0 Å². The number of rotatable bonds is 3. The van der Waals surface area contributed by atoms with Gasteiger partial charge in [0.1, 0.15) is 5.69 Å². The Morgan fingerprint density at radius 1 is 1.62 bits per heavy atom. The molecule has 16 heavy (non-hydrogen) atoms. The molecule has 0 N–H and O–H groups in total. The van der Waals surface area contributed by atoms with Gasteiger partial charge in [0.05, 0.1) is 11.8 Å². The lowest BCUT2D eigenvalue weighted by atomic mass is 10.1. The molecule has 4 nitrogen and oxygen atoms in total. The van der Waals surface area contributed by atoms with Gasteiger partial charge in [-0.15, -0.1) is 0 Å². The number of ether oxygens (including phenoxy) is 1. The average Bonchev–Trinajstić information content (AvgIpc) is 2.74. The van der Waals surface area contributed by atoms with E-state index in [1.165, 1.54) is 6.42 Å². The molecule has 2 heterocycles. The van der Waals surface area contributed by atoms with Crippen LogP contribution < -0.4 is 0 Å². The molecule has 0 bridgehead atoms. The predicted molar refractivity (Wildman–Crippen MR) is 60.4 cm³/mol. The van der Waals surface area contributed by atoms with Crippen molar-refractivity contribution in [3.63, 3.8) is 0 Å². The Hall–Kier alpha value is -1.16. The summed E-state index contributed by atoms with van der Waals surface area (Å²) in [6, 6.07) is 1.88. The Kier molecular flexibility index (Phi) is 3.39. The van der Waals surface area contributed by atoms with Crippen LogP contribution in [-0.4, -0.2) is 22.2 Å². The van der Waals surface area contributed by atoms with Crippen molar-refractivity contribution in [2.75, 3.05) is 6.61 Å². The molecule has 1 aliphatic rings. The molecule has 1 fully saturated rings. The molecular formula is C12H18N2O2. The van der Waals surface area contributed by atoms with Crippen molar-refractivity contribution >= 4 is 5.78 Å². The molecule has 1 saturated heterocycles. The second-order valence-corrected chi connectivity index (χ2v) is 4.18. The summed E-state index contributed by atoms with van der Waals surface area (Å²) in [6.45, 7) is 5.18. The zero-order valence-electron chi connectivity index (χ0n) is 9.90. The van der Waals surface area contributed by atoms with Gasteiger partial charge in [-0.1, -0.05) is 0 Å². The predicted octanol–water partition coefficient (Wildman–Crippen LogP) is 2.35. The van der Waals surface area contributed by atoms with E-state index in [2.05, 4.69) is 5.10 Å². The molecule has 2 rings (SSSR count). The lowest BCUT2D eigenvalue weighted by Gasteiger charge is -2.22. The minimum Gasteiger partial charge on any atom is -0.372 e. The highest BCUT2D eigenvalue weighted by atomic mass is 16.5. The summed E-state index contributed by atoms with van der Waals surface area (Å²) < 4.78 is 7.61. The molecule has 0 spiro atoms.